The standard InChI is InChI=1S/C20H22ClN3O2/c1-13-4-8-18(15(3)10-13)22-12-20(26)24-23-19(25)9-7-16-6-5-14(2)17(21)11-16/h4-11,22H,12H2,1-3H3,(H,23,25)(H,24,26)/b9-7+. The summed E-state index contributed by atoms with van der Waals surface area (Å²) in [5.41, 5.74) is 9.57. The molecule has 0 aliphatic rings. The van der Waals surface area contributed by atoms with Crippen molar-refractivity contribution in [3.63, 3.8) is 0 Å². The molecule has 0 aliphatic carbocycles. The molecule has 136 valence electrons. The Morgan fingerprint density at radius 2 is 1.77 bits per heavy atom. The second-order valence-corrected chi connectivity index (χ2v) is 6.46. The number of benzene rings is 2. The van der Waals surface area contributed by atoms with E-state index in [1.165, 1.54) is 6.08 Å². The zero-order chi connectivity index (χ0) is 19.1. The molecule has 2 rings (SSSR count). The monoisotopic (exact) mass is 371 g/mol. The number of carbonyl (C=O) groups excluding carboxylic acids is 2. The third kappa shape index (κ3) is 5.93. The van der Waals surface area contributed by atoms with E-state index in [4.69, 9.17) is 11.6 Å². The summed E-state index contributed by atoms with van der Waals surface area (Å²) in [6.45, 7) is 5.94. The number of carbonyl (C=O) groups is 2. The zero-order valence-electron chi connectivity index (χ0n) is 15.0. The lowest BCUT2D eigenvalue weighted by atomic mass is 10.1. The number of halogens is 1. The quantitative estimate of drug-likeness (QED) is 0.556. The second-order valence-electron chi connectivity index (χ2n) is 6.05. The van der Waals surface area contributed by atoms with Crippen molar-refractivity contribution in [2.24, 2.45) is 0 Å². The van der Waals surface area contributed by atoms with E-state index in [0.29, 0.717) is 5.02 Å². The number of hydrogen-bond acceptors (Lipinski definition) is 3. The first-order valence-electron chi connectivity index (χ1n) is 8.19. The summed E-state index contributed by atoms with van der Waals surface area (Å²) in [5, 5.41) is 3.67. The number of anilines is 1. The van der Waals surface area contributed by atoms with Crippen LogP contribution in [0.15, 0.2) is 42.5 Å². The predicted octanol–water partition coefficient (Wildman–Crippen LogP) is 3.54. The molecule has 0 aromatic heterocycles. The number of aryl methyl sites for hydroxylation is 3. The maximum Gasteiger partial charge on any atom is 0.262 e. The molecule has 2 aromatic carbocycles. The summed E-state index contributed by atoms with van der Waals surface area (Å²) in [5.74, 6) is -0.772. The molecule has 0 radical (unpaired) electrons. The Hall–Kier alpha value is -2.79. The maximum absolute atomic E-state index is 11.8. The zero-order valence-corrected chi connectivity index (χ0v) is 15.8. The Kier molecular flexibility index (Phi) is 6.81. The van der Waals surface area contributed by atoms with Crippen LogP contribution in [0, 0.1) is 20.8 Å². The molecule has 2 aromatic rings. The fraction of sp³-hybridized carbons (Fsp3) is 0.200. The smallest absolute Gasteiger partial charge is 0.262 e. The third-order valence-corrected chi connectivity index (χ3v) is 4.18. The molecule has 0 unspecified atom stereocenters. The molecule has 0 aliphatic heterocycles. The van der Waals surface area contributed by atoms with Crippen LogP contribution in [0.5, 0.6) is 0 Å². The van der Waals surface area contributed by atoms with Crippen LogP contribution < -0.4 is 16.2 Å². The second kappa shape index (κ2) is 9.06. The average Bonchev–Trinajstić information content (AvgIpc) is 2.60. The van der Waals surface area contributed by atoms with Crippen molar-refractivity contribution >= 4 is 35.2 Å². The normalized spacial score (nSPS) is 10.6. The summed E-state index contributed by atoms with van der Waals surface area (Å²) >= 11 is 6.04. The number of amides is 2. The minimum Gasteiger partial charge on any atom is -0.376 e. The van der Waals surface area contributed by atoms with Crippen molar-refractivity contribution in [1.82, 2.24) is 10.9 Å². The van der Waals surface area contributed by atoms with Gasteiger partial charge in [-0.25, -0.2) is 0 Å². The van der Waals surface area contributed by atoms with Crippen LogP contribution in [0.1, 0.15) is 22.3 Å². The molecule has 0 atom stereocenters. The Morgan fingerprint density at radius 1 is 1.00 bits per heavy atom. The van der Waals surface area contributed by atoms with Gasteiger partial charge < -0.3 is 5.32 Å². The molecule has 6 heteroatoms. The summed E-state index contributed by atoms with van der Waals surface area (Å²) in [7, 11) is 0. The minimum atomic E-state index is -0.429. The first kappa shape index (κ1) is 19.5. The van der Waals surface area contributed by atoms with Crippen molar-refractivity contribution in [3.8, 4) is 0 Å². The lowest BCUT2D eigenvalue weighted by molar-refractivity contribution is -0.125. The molecule has 26 heavy (non-hydrogen) atoms. The Morgan fingerprint density at radius 3 is 2.46 bits per heavy atom. The minimum absolute atomic E-state index is 0.0570. The SMILES string of the molecule is Cc1ccc(NCC(=O)NNC(=O)/C=C/c2ccc(C)c(Cl)c2)c(C)c1. The van der Waals surface area contributed by atoms with E-state index in [-0.39, 0.29) is 12.5 Å². The van der Waals surface area contributed by atoms with E-state index >= 15 is 0 Å². The van der Waals surface area contributed by atoms with E-state index in [0.717, 1.165) is 27.9 Å². The Labute approximate surface area is 158 Å². The lowest BCUT2D eigenvalue weighted by Gasteiger charge is -2.10. The van der Waals surface area contributed by atoms with Gasteiger partial charge in [0.2, 0.25) is 0 Å². The summed E-state index contributed by atoms with van der Waals surface area (Å²) in [6, 6.07) is 11.4. The Balaban J connectivity index is 1.78. The van der Waals surface area contributed by atoms with Gasteiger partial charge in [-0.2, -0.15) is 0 Å². The van der Waals surface area contributed by atoms with E-state index in [2.05, 4.69) is 16.2 Å². The van der Waals surface area contributed by atoms with Crippen molar-refractivity contribution < 1.29 is 9.59 Å². The van der Waals surface area contributed by atoms with Crippen LogP contribution in [0.25, 0.3) is 6.08 Å². The van der Waals surface area contributed by atoms with Crippen molar-refractivity contribution in [2.75, 3.05) is 11.9 Å². The highest BCUT2D eigenvalue weighted by molar-refractivity contribution is 6.31. The first-order chi connectivity index (χ1) is 12.3. The molecule has 0 heterocycles. The van der Waals surface area contributed by atoms with Gasteiger partial charge in [-0.3, -0.25) is 20.4 Å². The summed E-state index contributed by atoms with van der Waals surface area (Å²) in [4.78, 5) is 23.6. The molecule has 0 saturated carbocycles. The van der Waals surface area contributed by atoms with Gasteiger partial charge >= 0.3 is 0 Å². The molecule has 3 N–H and O–H groups in total. The third-order valence-electron chi connectivity index (χ3n) is 3.77. The number of rotatable bonds is 5. The topological polar surface area (TPSA) is 70.2 Å². The van der Waals surface area contributed by atoms with Gasteiger partial charge in [-0.15, -0.1) is 0 Å². The van der Waals surface area contributed by atoms with Crippen LogP contribution in [0.2, 0.25) is 5.02 Å². The van der Waals surface area contributed by atoms with Crippen LogP contribution in [0.3, 0.4) is 0 Å². The number of hydrazine groups is 1. The lowest BCUT2D eigenvalue weighted by Crippen LogP contribution is -2.43. The molecule has 0 bridgehead atoms. The molecule has 2 amide bonds. The van der Waals surface area contributed by atoms with Crippen LogP contribution in [0.4, 0.5) is 5.69 Å². The van der Waals surface area contributed by atoms with Gasteiger partial charge in [-0.1, -0.05) is 41.4 Å². The van der Waals surface area contributed by atoms with E-state index in [1.54, 1.807) is 12.1 Å². The maximum atomic E-state index is 11.8. The molecular weight excluding hydrogens is 350 g/mol. The Bertz CT molecular complexity index is 847. The van der Waals surface area contributed by atoms with Gasteiger partial charge in [0.1, 0.15) is 0 Å². The molecule has 0 saturated heterocycles. The largest absolute Gasteiger partial charge is 0.376 e. The van der Waals surface area contributed by atoms with Crippen molar-refractivity contribution in [1.29, 1.82) is 0 Å². The van der Waals surface area contributed by atoms with Crippen molar-refractivity contribution in [3.05, 3.63) is 69.8 Å². The van der Waals surface area contributed by atoms with Gasteiger partial charge in [0, 0.05) is 16.8 Å². The fourth-order valence-electron chi connectivity index (χ4n) is 2.29. The average molecular weight is 372 g/mol. The number of nitrogens with one attached hydrogen (secondary N) is 3. The highest BCUT2D eigenvalue weighted by Crippen LogP contribution is 2.17. The van der Waals surface area contributed by atoms with Gasteiger partial charge in [-0.05, 0) is 55.7 Å². The highest BCUT2D eigenvalue weighted by Gasteiger charge is 2.04. The summed E-state index contributed by atoms with van der Waals surface area (Å²) in [6.07, 6.45) is 2.96. The van der Waals surface area contributed by atoms with E-state index in [9.17, 15) is 9.59 Å². The van der Waals surface area contributed by atoms with Gasteiger partial charge in [0.15, 0.2) is 0 Å². The molecule has 0 fully saturated rings. The number of hydrogen-bond donors (Lipinski definition) is 3. The van der Waals surface area contributed by atoms with Crippen molar-refractivity contribution in [2.45, 2.75) is 20.8 Å². The highest BCUT2D eigenvalue weighted by atomic mass is 35.5. The molecule has 5 nitrogen and oxygen atoms in total. The van der Waals surface area contributed by atoms with Gasteiger partial charge in [0.25, 0.3) is 11.8 Å². The first-order valence-corrected chi connectivity index (χ1v) is 8.57. The predicted molar refractivity (Wildman–Crippen MR) is 106 cm³/mol. The molecular formula is C20H22ClN3O2. The fourth-order valence-corrected chi connectivity index (χ4v) is 2.48. The summed E-state index contributed by atoms with van der Waals surface area (Å²) < 4.78 is 0. The van der Waals surface area contributed by atoms with E-state index < -0.39 is 5.91 Å². The molecule has 0 spiro atoms. The van der Waals surface area contributed by atoms with Crippen LogP contribution in [-0.4, -0.2) is 18.4 Å². The van der Waals surface area contributed by atoms with Crippen LogP contribution >= 0.6 is 11.6 Å². The van der Waals surface area contributed by atoms with Gasteiger partial charge in [0.05, 0.1) is 6.54 Å². The van der Waals surface area contributed by atoms with E-state index in [1.807, 2.05) is 51.1 Å². The van der Waals surface area contributed by atoms with Crippen LogP contribution in [-0.2, 0) is 9.59 Å².